The number of guanidine groups is 1. The summed E-state index contributed by atoms with van der Waals surface area (Å²) < 4.78 is 5.69. The van der Waals surface area contributed by atoms with Crippen molar-refractivity contribution in [3.8, 4) is 5.75 Å². The van der Waals surface area contributed by atoms with Crippen molar-refractivity contribution in [1.29, 1.82) is 0 Å². The van der Waals surface area contributed by atoms with Crippen molar-refractivity contribution in [3.05, 3.63) is 60.2 Å². The number of halogens is 1. The molecule has 2 aromatic rings. The summed E-state index contributed by atoms with van der Waals surface area (Å²) in [6.45, 7) is 3.28. The molecule has 26 heavy (non-hydrogen) atoms. The first-order valence-electron chi connectivity index (χ1n) is 8.16. The van der Waals surface area contributed by atoms with E-state index in [2.05, 4.69) is 33.1 Å². The first-order valence-corrected chi connectivity index (χ1v) is 8.16. The molecule has 0 aliphatic carbocycles. The zero-order valence-electron chi connectivity index (χ0n) is 15.0. The summed E-state index contributed by atoms with van der Waals surface area (Å²) in [6, 6.07) is 17.5. The summed E-state index contributed by atoms with van der Waals surface area (Å²) >= 11 is 0. The number of anilines is 1. The van der Waals surface area contributed by atoms with E-state index < -0.39 is 0 Å². The average Bonchev–Trinajstić information content (AvgIpc) is 2.62. The van der Waals surface area contributed by atoms with Crippen LogP contribution in [0.3, 0.4) is 0 Å². The van der Waals surface area contributed by atoms with E-state index in [1.54, 1.807) is 13.1 Å². The van der Waals surface area contributed by atoms with E-state index in [9.17, 15) is 4.79 Å². The summed E-state index contributed by atoms with van der Waals surface area (Å²) in [5.74, 6) is 1.33. The lowest BCUT2D eigenvalue weighted by Gasteiger charge is -2.13. The Balaban J connectivity index is 0.00000338. The summed E-state index contributed by atoms with van der Waals surface area (Å²) in [5, 5.41) is 9.18. The van der Waals surface area contributed by atoms with Crippen molar-refractivity contribution in [1.82, 2.24) is 10.6 Å². The number of nitrogens with zero attached hydrogens (tertiary/aromatic N) is 1. The third-order valence-corrected chi connectivity index (χ3v) is 3.34. The molecule has 0 fully saturated rings. The molecular weight excluding hydrogens is 443 g/mol. The number of carbonyl (C=O) groups excluding carboxylic acids is 1. The minimum atomic E-state index is -0.105. The topological polar surface area (TPSA) is 74.8 Å². The maximum absolute atomic E-state index is 11.1. The van der Waals surface area contributed by atoms with Crippen LogP contribution in [-0.2, 0) is 11.3 Å². The van der Waals surface area contributed by atoms with Gasteiger partial charge < -0.3 is 20.7 Å². The van der Waals surface area contributed by atoms with Crippen LogP contribution < -0.4 is 20.7 Å². The molecule has 0 atom stereocenters. The molecule has 0 heterocycles. The van der Waals surface area contributed by atoms with Gasteiger partial charge in [0.05, 0.1) is 6.54 Å². The van der Waals surface area contributed by atoms with E-state index in [-0.39, 0.29) is 29.9 Å². The van der Waals surface area contributed by atoms with Gasteiger partial charge in [0.25, 0.3) is 0 Å². The fourth-order valence-electron chi connectivity index (χ4n) is 2.21. The molecule has 0 saturated carbocycles. The van der Waals surface area contributed by atoms with Crippen molar-refractivity contribution < 1.29 is 9.53 Å². The minimum Gasteiger partial charge on any atom is -0.492 e. The maximum atomic E-state index is 11.1. The Bertz CT molecular complexity index is 708. The fraction of sp³-hybridized carbons (Fsp3) is 0.263. The molecule has 0 spiro atoms. The van der Waals surface area contributed by atoms with Crippen LogP contribution in [0.4, 0.5) is 5.69 Å². The molecule has 2 aromatic carbocycles. The lowest BCUT2D eigenvalue weighted by molar-refractivity contribution is -0.114. The van der Waals surface area contributed by atoms with Crippen LogP contribution in [0, 0.1) is 0 Å². The Hall–Kier alpha value is -2.29. The highest BCUT2D eigenvalue weighted by molar-refractivity contribution is 14.0. The Morgan fingerprint density at radius 1 is 1.08 bits per heavy atom. The lowest BCUT2D eigenvalue weighted by Crippen LogP contribution is -2.38. The second kappa shape index (κ2) is 12.1. The van der Waals surface area contributed by atoms with Gasteiger partial charge in [-0.25, -0.2) is 0 Å². The molecule has 0 unspecified atom stereocenters. The van der Waals surface area contributed by atoms with Gasteiger partial charge in [0.2, 0.25) is 5.91 Å². The second-order valence-electron chi connectivity index (χ2n) is 5.40. The average molecular weight is 468 g/mol. The summed E-state index contributed by atoms with van der Waals surface area (Å²) in [6.07, 6.45) is 0. The molecule has 2 rings (SSSR count). The number of benzene rings is 2. The molecule has 140 valence electrons. The van der Waals surface area contributed by atoms with Crippen molar-refractivity contribution in [2.24, 2.45) is 4.99 Å². The normalized spacial score (nSPS) is 10.5. The van der Waals surface area contributed by atoms with Gasteiger partial charge in [-0.05, 0) is 17.7 Å². The Morgan fingerprint density at radius 2 is 1.85 bits per heavy atom. The molecular formula is C19H25IN4O2. The van der Waals surface area contributed by atoms with Crippen LogP contribution in [0.25, 0.3) is 0 Å². The van der Waals surface area contributed by atoms with Crippen LogP contribution in [0.2, 0.25) is 0 Å². The van der Waals surface area contributed by atoms with Gasteiger partial charge in [0.15, 0.2) is 5.96 Å². The quantitative estimate of drug-likeness (QED) is 0.253. The molecule has 3 N–H and O–H groups in total. The van der Waals surface area contributed by atoms with Gasteiger partial charge in [-0.1, -0.05) is 36.4 Å². The van der Waals surface area contributed by atoms with E-state index in [0.717, 1.165) is 11.6 Å². The lowest BCUT2D eigenvalue weighted by atomic mass is 10.2. The number of hydrogen-bond acceptors (Lipinski definition) is 3. The third-order valence-electron chi connectivity index (χ3n) is 3.34. The number of rotatable bonds is 7. The van der Waals surface area contributed by atoms with Crippen LogP contribution in [0.5, 0.6) is 5.75 Å². The highest BCUT2D eigenvalue weighted by atomic mass is 127. The largest absolute Gasteiger partial charge is 0.492 e. The fourth-order valence-corrected chi connectivity index (χ4v) is 2.21. The van der Waals surface area contributed by atoms with E-state index in [1.165, 1.54) is 12.5 Å². The Labute approximate surface area is 171 Å². The SMILES string of the molecule is CN=C(NCCOc1cccc(NC(C)=O)c1)NCc1ccccc1.I. The summed E-state index contributed by atoms with van der Waals surface area (Å²) in [4.78, 5) is 15.3. The highest BCUT2D eigenvalue weighted by Gasteiger charge is 2.00. The number of amides is 1. The highest BCUT2D eigenvalue weighted by Crippen LogP contribution is 2.16. The van der Waals surface area contributed by atoms with Crippen molar-refractivity contribution in [2.45, 2.75) is 13.5 Å². The molecule has 0 aromatic heterocycles. The van der Waals surface area contributed by atoms with Crippen LogP contribution >= 0.6 is 24.0 Å². The van der Waals surface area contributed by atoms with E-state index in [0.29, 0.717) is 25.4 Å². The van der Waals surface area contributed by atoms with Crippen LogP contribution in [0.1, 0.15) is 12.5 Å². The van der Waals surface area contributed by atoms with Crippen LogP contribution in [0.15, 0.2) is 59.6 Å². The van der Waals surface area contributed by atoms with Gasteiger partial charge in [0.1, 0.15) is 12.4 Å². The first kappa shape index (κ1) is 21.8. The van der Waals surface area contributed by atoms with Gasteiger partial charge in [0, 0.05) is 32.3 Å². The first-order chi connectivity index (χ1) is 12.2. The number of hydrogen-bond donors (Lipinski definition) is 3. The van der Waals surface area contributed by atoms with Gasteiger partial charge >= 0.3 is 0 Å². The number of carbonyl (C=O) groups is 1. The number of aliphatic imine (C=N–C) groups is 1. The van der Waals surface area contributed by atoms with Crippen LogP contribution in [-0.4, -0.2) is 32.1 Å². The standard InChI is InChI=1S/C19H24N4O2.HI/c1-15(24)23-17-9-6-10-18(13-17)25-12-11-21-19(20-2)22-14-16-7-4-3-5-8-16;/h3-10,13H,11-12,14H2,1-2H3,(H,23,24)(H2,20,21,22);1H. The zero-order chi connectivity index (χ0) is 17.9. The zero-order valence-corrected chi connectivity index (χ0v) is 17.3. The van der Waals surface area contributed by atoms with Crippen molar-refractivity contribution in [3.63, 3.8) is 0 Å². The summed E-state index contributed by atoms with van der Waals surface area (Å²) in [7, 11) is 1.73. The summed E-state index contributed by atoms with van der Waals surface area (Å²) in [5.41, 5.74) is 1.91. The maximum Gasteiger partial charge on any atom is 0.221 e. The predicted octanol–water partition coefficient (Wildman–Crippen LogP) is 3.01. The van der Waals surface area contributed by atoms with Crippen molar-refractivity contribution in [2.75, 3.05) is 25.5 Å². The minimum absolute atomic E-state index is 0. The Kier molecular flexibility index (Phi) is 10.1. The molecule has 0 radical (unpaired) electrons. The smallest absolute Gasteiger partial charge is 0.221 e. The van der Waals surface area contributed by atoms with Gasteiger partial charge in [-0.3, -0.25) is 9.79 Å². The number of ether oxygens (including phenoxy) is 1. The van der Waals surface area contributed by atoms with Crippen molar-refractivity contribution >= 4 is 41.5 Å². The predicted molar refractivity (Wildman–Crippen MR) is 116 cm³/mol. The van der Waals surface area contributed by atoms with E-state index >= 15 is 0 Å². The molecule has 0 bridgehead atoms. The Morgan fingerprint density at radius 3 is 2.54 bits per heavy atom. The molecule has 0 aliphatic rings. The monoisotopic (exact) mass is 468 g/mol. The molecule has 0 saturated heterocycles. The molecule has 1 amide bonds. The molecule has 7 heteroatoms. The molecule has 6 nitrogen and oxygen atoms in total. The molecule has 0 aliphatic heterocycles. The van der Waals surface area contributed by atoms with E-state index in [4.69, 9.17) is 4.74 Å². The second-order valence-corrected chi connectivity index (χ2v) is 5.40. The van der Waals surface area contributed by atoms with Gasteiger partial charge in [-0.15, -0.1) is 24.0 Å². The van der Waals surface area contributed by atoms with E-state index in [1.807, 2.05) is 36.4 Å². The van der Waals surface area contributed by atoms with Gasteiger partial charge in [-0.2, -0.15) is 0 Å². The number of nitrogens with one attached hydrogen (secondary N) is 3. The third kappa shape index (κ3) is 8.19.